The molecule has 0 bridgehead atoms. The van der Waals surface area contributed by atoms with Crippen LogP contribution in [0.4, 0.5) is 26.3 Å². The third kappa shape index (κ3) is 6.58. The number of halogens is 6. The van der Waals surface area contributed by atoms with Gasteiger partial charge in [-0.3, -0.25) is 0 Å². The van der Waals surface area contributed by atoms with Gasteiger partial charge in [-0.1, -0.05) is 84.0 Å². The lowest BCUT2D eigenvalue weighted by molar-refractivity contribution is -0.138. The SMILES string of the molecule is FC(F)(F)c1cccc(Sc2cccc(C(F)(F)F)c2C#Cc2ccccc2)c1C#Cc1ccccc1. The smallest absolute Gasteiger partial charge is 0.166 e. The molecule has 0 saturated carbocycles. The van der Waals surface area contributed by atoms with Crippen molar-refractivity contribution in [2.24, 2.45) is 0 Å². The molecule has 0 heterocycles. The van der Waals surface area contributed by atoms with Gasteiger partial charge in [-0.2, -0.15) is 26.3 Å². The highest BCUT2D eigenvalue weighted by Crippen LogP contribution is 2.42. The van der Waals surface area contributed by atoms with Crippen LogP contribution in [-0.2, 0) is 12.4 Å². The van der Waals surface area contributed by atoms with Crippen molar-refractivity contribution in [3.05, 3.63) is 130 Å². The lowest BCUT2D eigenvalue weighted by Gasteiger charge is -2.15. The molecule has 0 aliphatic carbocycles. The van der Waals surface area contributed by atoms with Crippen molar-refractivity contribution in [1.82, 2.24) is 0 Å². The molecule has 0 atom stereocenters. The molecule has 0 N–H and O–H groups in total. The molecule has 0 radical (unpaired) electrons. The van der Waals surface area contributed by atoms with E-state index in [1.165, 1.54) is 24.3 Å². The highest BCUT2D eigenvalue weighted by Gasteiger charge is 2.36. The van der Waals surface area contributed by atoms with Gasteiger partial charge in [0.25, 0.3) is 0 Å². The Bertz CT molecular complexity index is 1400. The molecule has 4 aromatic carbocycles. The van der Waals surface area contributed by atoms with Gasteiger partial charge < -0.3 is 0 Å². The molecule has 0 unspecified atom stereocenters. The van der Waals surface area contributed by atoms with Crippen molar-refractivity contribution < 1.29 is 26.3 Å². The summed E-state index contributed by atoms with van der Waals surface area (Å²) in [6.45, 7) is 0. The van der Waals surface area contributed by atoms with Crippen LogP contribution < -0.4 is 0 Å². The van der Waals surface area contributed by atoms with Crippen LogP contribution in [0, 0.1) is 23.7 Å². The molecule has 0 aliphatic heterocycles. The third-order valence-electron chi connectivity index (χ3n) is 5.09. The van der Waals surface area contributed by atoms with E-state index in [4.69, 9.17) is 0 Å². The van der Waals surface area contributed by atoms with Crippen molar-refractivity contribution >= 4 is 11.8 Å². The van der Waals surface area contributed by atoms with Crippen LogP contribution in [0.2, 0.25) is 0 Å². The van der Waals surface area contributed by atoms with E-state index in [1.807, 2.05) is 0 Å². The predicted octanol–water partition coefficient (Wildman–Crippen LogP) is 8.67. The summed E-state index contributed by atoms with van der Waals surface area (Å²) in [7, 11) is 0. The first-order chi connectivity index (χ1) is 17.6. The molecule has 7 heteroatoms. The second-order valence-corrected chi connectivity index (χ2v) is 8.77. The minimum Gasteiger partial charge on any atom is -0.166 e. The van der Waals surface area contributed by atoms with Crippen molar-refractivity contribution in [3.63, 3.8) is 0 Å². The van der Waals surface area contributed by atoms with Crippen LogP contribution >= 0.6 is 11.8 Å². The molecule has 0 fully saturated rings. The van der Waals surface area contributed by atoms with Gasteiger partial charge in [-0.15, -0.1) is 0 Å². The molecule has 37 heavy (non-hydrogen) atoms. The minimum atomic E-state index is -4.71. The van der Waals surface area contributed by atoms with Gasteiger partial charge >= 0.3 is 12.4 Å². The highest BCUT2D eigenvalue weighted by molar-refractivity contribution is 7.99. The van der Waals surface area contributed by atoms with E-state index < -0.39 is 23.5 Å². The first-order valence-electron chi connectivity index (χ1n) is 10.9. The fourth-order valence-corrected chi connectivity index (χ4v) is 4.45. The summed E-state index contributed by atoms with van der Waals surface area (Å²) in [6.07, 6.45) is -9.41. The Labute approximate surface area is 214 Å². The standard InChI is InChI=1S/C30H16F6S/c31-29(32,33)25-13-7-15-27(23(25)19-17-21-9-3-1-4-10-21)37-28-16-8-14-26(30(34,35)36)24(28)20-18-22-11-5-2-6-12-22/h1-16H. The zero-order valence-corrected chi connectivity index (χ0v) is 19.7. The number of hydrogen-bond donors (Lipinski definition) is 0. The maximum Gasteiger partial charge on any atom is 0.417 e. The number of rotatable bonds is 2. The number of benzene rings is 4. The summed E-state index contributed by atoms with van der Waals surface area (Å²) in [5.74, 6) is 10.6. The van der Waals surface area contributed by atoms with Crippen LogP contribution in [0.3, 0.4) is 0 Å². The quantitative estimate of drug-likeness (QED) is 0.188. The zero-order valence-electron chi connectivity index (χ0n) is 18.9. The second-order valence-electron chi connectivity index (χ2n) is 7.69. The van der Waals surface area contributed by atoms with Gasteiger partial charge in [-0.05, 0) is 48.5 Å². The van der Waals surface area contributed by atoms with Gasteiger partial charge in [0.1, 0.15) is 0 Å². The van der Waals surface area contributed by atoms with Gasteiger partial charge in [0.15, 0.2) is 0 Å². The Hall–Kier alpha value is -4.07. The summed E-state index contributed by atoms with van der Waals surface area (Å²) in [4.78, 5) is 0.140. The molecule has 0 nitrogen and oxygen atoms in total. The van der Waals surface area contributed by atoms with Crippen LogP contribution in [0.25, 0.3) is 0 Å². The molecule has 0 aromatic heterocycles. The van der Waals surface area contributed by atoms with E-state index in [0.717, 1.165) is 23.9 Å². The molecular weight excluding hydrogens is 506 g/mol. The summed E-state index contributed by atoms with van der Waals surface area (Å²) in [6, 6.07) is 24.0. The summed E-state index contributed by atoms with van der Waals surface area (Å²) in [5.41, 5.74) is -1.56. The summed E-state index contributed by atoms with van der Waals surface area (Å²) in [5, 5.41) is 0. The summed E-state index contributed by atoms with van der Waals surface area (Å²) >= 11 is 0.767. The lowest BCUT2D eigenvalue weighted by Crippen LogP contribution is -2.09. The van der Waals surface area contributed by atoms with E-state index in [0.29, 0.717) is 11.1 Å². The normalized spacial score (nSPS) is 11.2. The van der Waals surface area contributed by atoms with Crippen molar-refractivity contribution in [2.45, 2.75) is 22.1 Å². The first-order valence-corrected chi connectivity index (χ1v) is 11.7. The summed E-state index contributed by atoms with van der Waals surface area (Å²) < 4.78 is 83.1. The average Bonchev–Trinajstić information content (AvgIpc) is 2.87. The monoisotopic (exact) mass is 522 g/mol. The molecular formula is C30H16F6S. The first kappa shape index (κ1) is 26.0. The van der Waals surface area contributed by atoms with Gasteiger partial charge in [-0.25, -0.2) is 0 Å². The van der Waals surface area contributed by atoms with Gasteiger partial charge in [0, 0.05) is 20.9 Å². The fourth-order valence-electron chi connectivity index (χ4n) is 3.39. The number of hydrogen-bond acceptors (Lipinski definition) is 1. The molecule has 4 rings (SSSR count). The molecule has 0 aliphatic rings. The Balaban J connectivity index is 1.86. The van der Waals surface area contributed by atoms with E-state index in [1.54, 1.807) is 60.7 Å². The predicted molar refractivity (Wildman–Crippen MR) is 132 cm³/mol. The number of alkyl halides is 6. The van der Waals surface area contributed by atoms with Gasteiger partial charge in [0.05, 0.1) is 22.3 Å². The van der Waals surface area contributed by atoms with E-state index in [2.05, 4.69) is 23.7 Å². The van der Waals surface area contributed by atoms with Crippen molar-refractivity contribution in [3.8, 4) is 23.7 Å². The largest absolute Gasteiger partial charge is 0.417 e. The Morgan fingerprint density at radius 3 is 1.16 bits per heavy atom. The molecule has 0 spiro atoms. The van der Waals surface area contributed by atoms with Crippen LogP contribution in [0.5, 0.6) is 0 Å². The minimum absolute atomic E-state index is 0.0698. The Morgan fingerprint density at radius 2 is 0.811 bits per heavy atom. The Kier molecular flexibility index (Phi) is 7.66. The van der Waals surface area contributed by atoms with Gasteiger partial charge in [0.2, 0.25) is 0 Å². The molecule has 0 saturated heterocycles. The van der Waals surface area contributed by atoms with Crippen LogP contribution in [0.1, 0.15) is 33.4 Å². The molecule has 184 valence electrons. The van der Waals surface area contributed by atoms with Crippen LogP contribution in [0.15, 0.2) is 107 Å². The van der Waals surface area contributed by atoms with Crippen molar-refractivity contribution in [2.75, 3.05) is 0 Å². The fraction of sp³-hybridized carbons (Fsp3) is 0.0667. The maximum atomic E-state index is 13.9. The molecule has 4 aromatic rings. The van der Waals surface area contributed by atoms with E-state index >= 15 is 0 Å². The highest BCUT2D eigenvalue weighted by atomic mass is 32.2. The topological polar surface area (TPSA) is 0 Å². The second kappa shape index (κ2) is 10.9. The van der Waals surface area contributed by atoms with Crippen LogP contribution in [-0.4, -0.2) is 0 Å². The lowest BCUT2D eigenvalue weighted by atomic mass is 10.1. The average molecular weight is 523 g/mol. The molecule has 0 amide bonds. The third-order valence-corrected chi connectivity index (χ3v) is 6.21. The Morgan fingerprint density at radius 1 is 0.432 bits per heavy atom. The zero-order chi connectivity index (χ0) is 26.5. The van der Waals surface area contributed by atoms with E-state index in [9.17, 15) is 26.3 Å². The maximum absolute atomic E-state index is 13.9. The van der Waals surface area contributed by atoms with E-state index in [-0.39, 0.29) is 20.9 Å². The van der Waals surface area contributed by atoms with Crippen molar-refractivity contribution in [1.29, 1.82) is 0 Å².